The fourth-order valence-electron chi connectivity index (χ4n) is 9.98. The summed E-state index contributed by atoms with van der Waals surface area (Å²) in [5, 5.41) is 14.4. The molecule has 0 amide bonds. The normalized spacial score (nSPS) is 32.7. The summed E-state index contributed by atoms with van der Waals surface area (Å²) in [6.07, 6.45) is -5.73. The molecule has 2 bridgehead atoms. The van der Waals surface area contributed by atoms with Crippen LogP contribution in [0.4, 0.5) is 0 Å². The number of Topliss-reactive ketones (excluding diaryl/α,β-unsaturated/α-hetero) is 1. The van der Waals surface area contributed by atoms with Crippen molar-refractivity contribution in [1.29, 1.82) is 0 Å². The van der Waals surface area contributed by atoms with Gasteiger partial charge in [-0.3, -0.25) is 24.0 Å². The molecule has 4 aliphatic rings. The molecule has 1 aromatic heterocycles. The van der Waals surface area contributed by atoms with Crippen molar-refractivity contribution in [1.82, 2.24) is 4.57 Å². The van der Waals surface area contributed by atoms with Crippen molar-refractivity contribution in [2.24, 2.45) is 16.7 Å². The molecule has 3 aliphatic carbocycles. The Morgan fingerprint density at radius 1 is 0.860 bits per heavy atom. The van der Waals surface area contributed by atoms with Gasteiger partial charge in [-0.25, -0.2) is 4.79 Å². The van der Waals surface area contributed by atoms with Gasteiger partial charge in [-0.1, -0.05) is 50.2 Å². The largest absolute Gasteiger partial charge is 0.460 e. The Morgan fingerprint density at radius 2 is 1.53 bits per heavy atom. The van der Waals surface area contributed by atoms with Crippen LogP contribution in [0.2, 0.25) is 0 Å². The number of nitrogens with zero attached hydrogens (tertiary/aromatic N) is 1. The Balaban J connectivity index is 1.47. The van der Waals surface area contributed by atoms with E-state index < -0.39 is 94.1 Å². The number of esters is 5. The van der Waals surface area contributed by atoms with Crippen molar-refractivity contribution in [3.63, 3.8) is 0 Å². The van der Waals surface area contributed by atoms with E-state index in [1.807, 2.05) is 30.3 Å². The minimum atomic E-state index is -2.24. The van der Waals surface area contributed by atoms with Crippen LogP contribution >= 0.6 is 0 Å². The zero-order valence-electron chi connectivity index (χ0n) is 32.9. The maximum Gasteiger partial charge on any atom is 0.338 e. The van der Waals surface area contributed by atoms with Gasteiger partial charge in [0.2, 0.25) is 0 Å². The molecule has 2 saturated carbocycles. The van der Waals surface area contributed by atoms with Gasteiger partial charge in [0.05, 0.1) is 23.5 Å². The summed E-state index contributed by atoms with van der Waals surface area (Å²) in [6.45, 7) is 9.37. The number of hydrogen-bond acceptors (Lipinski definition) is 13. The number of rotatable bonds is 8. The van der Waals surface area contributed by atoms with Crippen molar-refractivity contribution in [2.75, 3.05) is 6.61 Å². The molecule has 3 fully saturated rings. The Bertz CT molecular complexity index is 2190. The van der Waals surface area contributed by atoms with Crippen LogP contribution in [0.3, 0.4) is 0 Å². The summed E-state index contributed by atoms with van der Waals surface area (Å²) < 4.78 is 38.4. The van der Waals surface area contributed by atoms with Crippen LogP contribution in [0.25, 0.3) is 10.9 Å². The van der Waals surface area contributed by atoms with Gasteiger partial charge in [0.1, 0.15) is 36.6 Å². The summed E-state index contributed by atoms with van der Waals surface area (Å²) in [7, 11) is 0. The molecule has 14 nitrogen and oxygen atoms in total. The highest BCUT2D eigenvalue weighted by Gasteiger charge is 2.79. The molecule has 0 spiro atoms. The molecule has 7 rings (SSSR count). The number of ketones is 1. The van der Waals surface area contributed by atoms with Gasteiger partial charge < -0.3 is 38.1 Å². The Kier molecular flexibility index (Phi) is 9.96. The van der Waals surface area contributed by atoms with Crippen molar-refractivity contribution in [3.8, 4) is 0 Å². The van der Waals surface area contributed by atoms with Crippen LogP contribution in [0, 0.1) is 16.7 Å². The van der Waals surface area contributed by atoms with E-state index in [1.165, 1.54) is 32.9 Å². The lowest BCUT2D eigenvalue weighted by Crippen LogP contribution is -2.82. The van der Waals surface area contributed by atoms with Crippen molar-refractivity contribution >= 4 is 46.5 Å². The van der Waals surface area contributed by atoms with E-state index in [0.717, 1.165) is 17.8 Å². The smallest absolute Gasteiger partial charge is 0.338 e. The first-order valence-electron chi connectivity index (χ1n) is 19.0. The number of hydrogen-bond donors (Lipinski definition) is 1. The molecule has 9 atom stereocenters. The van der Waals surface area contributed by atoms with E-state index >= 15 is 4.79 Å². The quantitative estimate of drug-likeness (QED) is 0.193. The number of ether oxygens (including phenoxy) is 6. The van der Waals surface area contributed by atoms with E-state index in [1.54, 1.807) is 49.7 Å². The van der Waals surface area contributed by atoms with Gasteiger partial charge in [-0.15, -0.1) is 0 Å². The van der Waals surface area contributed by atoms with Gasteiger partial charge in [0, 0.05) is 50.7 Å². The molecule has 14 heteroatoms. The summed E-state index contributed by atoms with van der Waals surface area (Å²) in [6, 6.07) is 17.3. The molecular weight excluding hydrogens is 738 g/mol. The van der Waals surface area contributed by atoms with Crippen LogP contribution in [0.5, 0.6) is 0 Å². The lowest BCUT2D eigenvalue weighted by molar-refractivity contribution is -0.346. The van der Waals surface area contributed by atoms with E-state index in [2.05, 4.69) is 0 Å². The molecule has 57 heavy (non-hydrogen) atoms. The minimum absolute atomic E-state index is 0.117. The van der Waals surface area contributed by atoms with Crippen LogP contribution in [0.1, 0.15) is 71.7 Å². The fourth-order valence-corrected chi connectivity index (χ4v) is 9.98. The summed E-state index contributed by atoms with van der Waals surface area (Å²) in [5.74, 6) is -6.13. The number of benzene rings is 2. The second kappa shape index (κ2) is 14.2. The highest BCUT2D eigenvalue weighted by molar-refractivity contribution is 5.96. The van der Waals surface area contributed by atoms with Crippen LogP contribution in [0.15, 0.2) is 78.0 Å². The molecule has 0 radical (unpaired) electrons. The van der Waals surface area contributed by atoms with Gasteiger partial charge in [0.25, 0.3) is 0 Å². The Morgan fingerprint density at radius 3 is 2.16 bits per heavy atom. The first-order chi connectivity index (χ1) is 26.8. The van der Waals surface area contributed by atoms with Crippen molar-refractivity contribution < 1.29 is 62.3 Å². The lowest BCUT2D eigenvalue weighted by Gasteiger charge is -2.67. The summed E-state index contributed by atoms with van der Waals surface area (Å²) >= 11 is 0. The van der Waals surface area contributed by atoms with Crippen LogP contribution in [-0.4, -0.2) is 93.6 Å². The lowest BCUT2D eigenvalue weighted by atomic mass is 9.44. The predicted octanol–water partition coefficient (Wildman–Crippen LogP) is 4.43. The zero-order chi connectivity index (χ0) is 41.2. The highest BCUT2D eigenvalue weighted by atomic mass is 16.6. The molecule has 2 heterocycles. The molecule has 2 aromatic carbocycles. The first-order valence-corrected chi connectivity index (χ1v) is 19.0. The Labute approximate surface area is 329 Å². The number of aromatic nitrogens is 1. The van der Waals surface area contributed by atoms with Crippen molar-refractivity contribution in [2.45, 2.75) is 110 Å². The number of carbonyl (C=O) groups is 6. The number of fused-ring (bicyclic) bond motifs is 6. The third kappa shape index (κ3) is 6.33. The topological polar surface area (TPSA) is 183 Å². The first kappa shape index (κ1) is 39.9. The molecule has 1 aliphatic heterocycles. The average molecular weight is 786 g/mol. The highest BCUT2D eigenvalue weighted by Crippen LogP contribution is 2.65. The monoisotopic (exact) mass is 785 g/mol. The number of para-hydroxylation sites is 1. The molecule has 1 saturated heterocycles. The number of carbonyl (C=O) groups excluding carboxylic acids is 6. The minimum Gasteiger partial charge on any atom is -0.460 e. The van der Waals surface area contributed by atoms with Gasteiger partial charge >= 0.3 is 29.8 Å². The van der Waals surface area contributed by atoms with Gasteiger partial charge in [-0.05, 0) is 54.6 Å². The molecule has 0 unspecified atom stereocenters. The molecule has 3 aromatic rings. The van der Waals surface area contributed by atoms with E-state index in [9.17, 15) is 29.1 Å². The zero-order valence-corrected chi connectivity index (χ0v) is 32.9. The SMILES string of the molecule is CC(=O)O[C@H]1C(=O)[C@]2(C)[C@@H](OC(=O)Cn3ccc4ccccc43)C[C@H]3OC[C@@]3(OC(C)=O)[C@H]2[C@H](OC(=O)c2ccccc2)[C@]2(O)C[C@H](OC(C)=O)C(C)=C1C2(C)C. The maximum absolute atomic E-state index is 15.8. The summed E-state index contributed by atoms with van der Waals surface area (Å²) in [4.78, 5) is 82.8. The Hall–Kier alpha value is -5.34. The van der Waals surface area contributed by atoms with Gasteiger partial charge in [0.15, 0.2) is 17.5 Å². The molecule has 302 valence electrons. The molecular formula is C43H47NO13. The maximum atomic E-state index is 15.8. The second-order valence-corrected chi connectivity index (χ2v) is 16.3. The third-order valence-electron chi connectivity index (χ3n) is 12.7. The average Bonchev–Trinajstić information content (AvgIpc) is 3.54. The number of aliphatic hydroxyl groups is 1. The predicted molar refractivity (Wildman–Crippen MR) is 200 cm³/mol. The fraction of sp³-hybridized carbons (Fsp3) is 0.488. The van der Waals surface area contributed by atoms with E-state index in [4.69, 9.17) is 28.4 Å². The van der Waals surface area contributed by atoms with Gasteiger partial charge in [-0.2, -0.15) is 0 Å². The van der Waals surface area contributed by atoms with E-state index in [0.29, 0.717) is 5.57 Å². The third-order valence-corrected chi connectivity index (χ3v) is 12.7. The standard InChI is InChI=1S/C43H47NO13/c1-23-30(53-24(2)45)20-43(51)38(56-39(50)28-14-9-8-10-15-28)36-41(7,37(49)35(54-25(3)46)34(23)40(43,5)6)31(19-32-42(36,22-52-32)57-26(4)47)55-33(48)21-44-18-17-27-13-11-12-16-29(27)44/h8-18,30-32,35-36,38,51H,19-22H2,1-7H3/t30-,31-,32+,35+,36-,38-,41+,42-,43+/m0/s1. The second-order valence-electron chi connectivity index (χ2n) is 16.3. The van der Waals surface area contributed by atoms with Crippen LogP contribution in [-0.2, 0) is 58.9 Å². The molecule has 1 N–H and O–H groups in total. The van der Waals surface area contributed by atoms with Crippen LogP contribution < -0.4 is 0 Å². The van der Waals surface area contributed by atoms with E-state index in [-0.39, 0.29) is 37.1 Å². The van der Waals surface area contributed by atoms with Crippen molar-refractivity contribution in [3.05, 3.63) is 83.6 Å². The summed E-state index contributed by atoms with van der Waals surface area (Å²) in [5.41, 5.74) is -6.16.